The Labute approximate surface area is 200 Å². The Morgan fingerprint density at radius 2 is 1.88 bits per heavy atom. The van der Waals surface area contributed by atoms with Crippen molar-refractivity contribution in [3.8, 4) is 0 Å². The van der Waals surface area contributed by atoms with E-state index < -0.39 is 0 Å². The lowest BCUT2D eigenvalue weighted by Crippen LogP contribution is -2.47. The number of anilines is 1. The molecule has 1 N–H and O–H groups in total. The molecule has 1 heterocycles. The van der Waals surface area contributed by atoms with E-state index in [4.69, 9.17) is 0 Å². The largest absolute Gasteiger partial charge is 0.373 e. The number of carbonyl (C=O) groups excluding carboxylic acids is 1. The Morgan fingerprint density at radius 3 is 2.61 bits per heavy atom. The maximum Gasteiger partial charge on any atom is 0.251 e. The van der Waals surface area contributed by atoms with Gasteiger partial charge < -0.3 is 10.2 Å². The average molecular weight is 446 g/mol. The number of likely N-dealkylation sites (tertiary alicyclic amines) is 1. The van der Waals surface area contributed by atoms with Crippen LogP contribution in [-0.4, -0.2) is 43.5 Å². The van der Waals surface area contributed by atoms with Crippen molar-refractivity contribution in [2.75, 3.05) is 32.1 Å². The van der Waals surface area contributed by atoms with Crippen LogP contribution >= 0.6 is 0 Å². The van der Waals surface area contributed by atoms with Gasteiger partial charge in [0.25, 0.3) is 5.91 Å². The SMILES string of the molecule is C=C.Cc1ccc(N(C)C[C@]2(C)CCCN2C)cc1C(=O)NCc1cccc2ccccc12.[HH]. The third-order valence-corrected chi connectivity index (χ3v) is 6.93. The Kier molecular flexibility index (Phi) is 7.93. The zero-order valence-corrected chi connectivity index (χ0v) is 20.5. The second-order valence-corrected chi connectivity index (χ2v) is 9.20. The molecule has 0 aromatic heterocycles. The van der Waals surface area contributed by atoms with Gasteiger partial charge in [-0.05, 0) is 74.3 Å². The summed E-state index contributed by atoms with van der Waals surface area (Å²) in [5.74, 6) is -0.0233. The summed E-state index contributed by atoms with van der Waals surface area (Å²) < 4.78 is 0. The molecule has 0 spiro atoms. The molecule has 4 heteroatoms. The monoisotopic (exact) mass is 445 g/mol. The molecule has 0 aliphatic carbocycles. The number of aryl methyl sites for hydroxylation is 1. The number of fused-ring (bicyclic) bond motifs is 1. The van der Waals surface area contributed by atoms with Gasteiger partial charge in [0.2, 0.25) is 0 Å². The highest BCUT2D eigenvalue weighted by Gasteiger charge is 2.35. The van der Waals surface area contributed by atoms with E-state index in [2.05, 4.69) is 85.7 Å². The first-order valence-electron chi connectivity index (χ1n) is 11.7. The number of hydrogen-bond donors (Lipinski definition) is 1. The number of likely N-dealkylation sites (N-methyl/N-ethyl adjacent to an activating group) is 2. The fraction of sp³-hybridized carbons (Fsp3) is 0.345. The lowest BCUT2D eigenvalue weighted by Gasteiger charge is -2.37. The first-order chi connectivity index (χ1) is 15.9. The molecule has 1 saturated heterocycles. The fourth-order valence-electron chi connectivity index (χ4n) is 4.77. The van der Waals surface area contributed by atoms with Crippen LogP contribution in [0.15, 0.2) is 73.8 Å². The van der Waals surface area contributed by atoms with Gasteiger partial charge in [-0.25, -0.2) is 0 Å². The molecule has 1 aliphatic rings. The van der Waals surface area contributed by atoms with Gasteiger partial charge in [0, 0.05) is 38.4 Å². The number of nitrogens with one attached hydrogen (secondary N) is 1. The molecule has 1 fully saturated rings. The zero-order valence-electron chi connectivity index (χ0n) is 20.5. The summed E-state index contributed by atoms with van der Waals surface area (Å²) >= 11 is 0. The lowest BCUT2D eigenvalue weighted by molar-refractivity contribution is 0.0950. The molecule has 0 saturated carbocycles. The summed E-state index contributed by atoms with van der Waals surface area (Å²) in [6.45, 7) is 13.0. The summed E-state index contributed by atoms with van der Waals surface area (Å²) in [4.78, 5) is 17.8. The predicted molar refractivity (Wildman–Crippen MR) is 143 cm³/mol. The standard InChI is InChI=1S/C27H33N3O.C2H4.H2/c1-20-13-14-23(29(3)19-27(2)15-8-16-30(27)4)17-25(20)26(31)28-18-22-11-7-10-21-9-5-6-12-24(21)22;1-2;/h5-7,9-14,17H,8,15-16,18-19H2,1-4H3,(H,28,31);1-2H2;1H/t27-;;/m0../s1. The van der Waals surface area contributed by atoms with Crippen LogP contribution in [0.25, 0.3) is 10.8 Å². The van der Waals surface area contributed by atoms with Gasteiger partial charge in [-0.2, -0.15) is 0 Å². The van der Waals surface area contributed by atoms with E-state index in [1.807, 2.05) is 31.2 Å². The summed E-state index contributed by atoms with van der Waals surface area (Å²) in [5.41, 5.74) is 4.14. The number of hydrogen-bond acceptors (Lipinski definition) is 3. The van der Waals surface area contributed by atoms with E-state index in [1.54, 1.807) is 0 Å². The highest BCUT2D eigenvalue weighted by atomic mass is 16.1. The third-order valence-electron chi connectivity index (χ3n) is 6.93. The first-order valence-corrected chi connectivity index (χ1v) is 11.7. The van der Waals surface area contributed by atoms with Crippen LogP contribution in [0.2, 0.25) is 0 Å². The van der Waals surface area contributed by atoms with Crippen molar-refractivity contribution in [3.63, 3.8) is 0 Å². The molecule has 1 atom stereocenters. The van der Waals surface area contributed by atoms with E-state index in [0.717, 1.165) is 35.5 Å². The molecular formula is C29H39N3O. The Balaban J connectivity index is 0.00000133. The number of carbonyl (C=O) groups is 1. The van der Waals surface area contributed by atoms with Crippen molar-refractivity contribution in [1.29, 1.82) is 0 Å². The molecule has 0 radical (unpaired) electrons. The van der Waals surface area contributed by atoms with Crippen molar-refractivity contribution in [2.45, 2.75) is 38.8 Å². The minimum Gasteiger partial charge on any atom is -0.373 e. The van der Waals surface area contributed by atoms with E-state index in [0.29, 0.717) is 6.54 Å². The molecule has 176 valence electrons. The van der Waals surface area contributed by atoms with Crippen molar-refractivity contribution in [2.24, 2.45) is 0 Å². The number of amides is 1. The fourth-order valence-corrected chi connectivity index (χ4v) is 4.77. The van der Waals surface area contributed by atoms with Gasteiger partial charge in [-0.15, -0.1) is 13.2 Å². The van der Waals surface area contributed by atoms with Crippen LogP contribution in [0.4, 0.5) is 5.69 Å². The smallest absolute Gasteiger partial charge is 0.251 e. The normalized spacial score (nSPS) is 17.9. The van der Waals surface area contributed by atoms with Crippen LogP contribution in [0, 0.1) is 6.92 Å². The number of rotatable bonds is 6. The Hall–Kier alpha value is -3.11. The summed E-state index contributed by atoms with van der Waals surface area (Å²) in [5, 5.41) is 5.51. The minimum absolute atomic E-state index is 0. The van der Waals surface area contributed by atoms with Crippen LogP contribution < -0.4 is 10.2 Å². The molecule has 0 unspecified atom stereocenters. The third kappa shape index (κ3) is 5.45. The maximum absolute atomic E-state index is 13.1. The van der Waals surface area contributed by atoms with E-state index in [1.165, 1.54) is 23.6 Å². The molecule has 4 rings (SSSR count). The summed E-state index contributed by atoms with van der Waals surface area (Å²) in [6.07, 6.45) is 2.45. The van der Waals surface area contributed by atoms with Crippen LogP contribution in [-0.2, 0) is 6.54 Å². The van der Waals surface area contributed by atoms with Crippen LogP contribution in [0.5, 0.6) is 0 Å². The molecule has 4 nitrogen and oxygen atoms in total. The quantitative estimate of drug-likeness (QED) is 0.469. The first kappa shape index (κ1) is 24.5. The summed E-state index contributed by atoms with van der Waals surface area (Å²) in [6, 6.07) is 20.7. The highest BCUT2D eigenvalue weighted by molar-refractivity contribution is 5.97. The number of benzene rings is 3. The van der Waals surface area contributed by atoms with E-state index >= 15 is 0 Å². The van der Waals surface area contributed by atoms with Gasteiger partial charge in [0.15, 0.2) is 0 Å². The lowest BCUT2D eigenvalue weighted by atomic mass is 9.98. The second-order valence-electron chi connectivity index (χ2n) is 9.20. The molecule has 33 heavy (non-hydrogen) atoms. The minimum atomic E-state index is -0.0233. The van der Waals surface area contributed by atoms with Crippen LogP contribution in [0.1, 0.15) is 42.7 Å². The Morgan fingerprint density at radius 1 is 1.15 bits per heavy atom. The second kappa shape index (κ2) is 10.7. The summed E-state index contributed by atoms with van der Waals surface area (Å²) in [7, 11) is 4.34. The molecule has 1 aliphatic heterocycles. The maximum atomic E-state index is 13.1. The average Bonchev–Trinajstić information content (AvgIpc) is 3.16. The van der Waals surface area contributed by atoms with Gasteiger partial charge in [-0.3, -0.25) is 9.69 Å². The molecule has 0 bridgehead atoms. The zero-order chi connectivity index (χ0) is 24.0. The Bertz CT molecular complexity index is 1110. The van der Waals surface area contributed by atoms with E-state index in [9.17, 15) is 4.79 Å². The number of nitrogens with zero attached hydrogens (tertiary/aromatic N) is 2. The molecule has 3 aromatic rings. The van der Waals surface area contributed by atoms with Crippen LogP contribution in [0.3, 0.4) is 0 Å². The molecule has 1 amide bonds. The van der Waals surface area contributed by atoms with Crippen molar-refractivity contribution < 1.29 is 6.22 Å². The van der Waals surface area contributed by atoms with Gasteiger partial charge in [-0.1, -0.05) is 48.5 Å². The van der Waals surface area contributed by atoms with Gasteiger partial charge in [0.05, 0.1) is 0 Å². The van der Waals surface area contributed by atoms with Crippen molar-refractivity contribution >= 4 is 22.4 Å². The van der Waals surface area contributed by atoms with Gasteiger partial charge in [0.1, 0.15) is 0 Å². The topological polar surface area (TPSA) is 35.6 Å². The highest BCUT2D eigenvalue weighted by Crippen LogP contribution is 2.30. The van der Waals surface area contributed by atoms with E-state index in [-0.39, 0.29) is 12.9 Å². The molecular weight excluding hydrogens is 406 g/mol. The molecule has 3 aromatic carbocycles. The van der Waals surface area contributed by atoms with Crippen molar-refractivity contribution in [1.82, 2.24) is 10.2 Å². The van der Waals surface area contributed by atoms with Crippen molar-refractivity contribution in [3.05, 3.63) is 90.5 Å². The predicted octanol–water partition coefficient (Wildman–Crippen LogP) is 6.05. The van der Waals surface area contributed by atoms with Gasteiger partial charge >= 0.3 is 0 Å².